The summed E-state index contributed by atoms with van der Waals surface area (Å²) in [4.78, 5) is 11.4. The topological polar surface area (TPSA) is 86.9 Å². The van der Waals surface area contributed by atoms with Crippen LogP contribution >= 0.6 is 0 Å². The zero-order valence-electron chi connectivity index (χ0n) is 8.81. The van der Waals surface area contributed by atoms with E-state index in [0.29, 0.717) is 6.54 Å². The van der Waals surface area contributed by atoms with Crippen LogP contribution in [0.3, 0.4) is 0 Å². The highest BCUT2D eigenvalue weighted by Gasteiger charge is 2.47. The molecule has 1 unspecified atom stereocenters. The van der Waals surface area contributed by atoms with Gasteiger partial charge >= 0.3 is 0 Å². The van der Waals surface area contributed by atoms with Gasteiger partial charge in [-0.25, -0.2) is 0 Å². The van der Waals surface area contributed by atoms with Gasteiger partial charge < -0.3 is 11.5 Å². The molecular weight excluding hydrogens is 192 g/mol. The summed E-state index contributed by atoms with van der Waals surface area (Å²) in [6.07, 6.45) is 3.79. The maximum atomic E-state index is 11.4. The van der Waals surface area contributed by atoms with Crippen LogP contribution in [0.4, 0.5) is 0 Å². The molecule has 0 bridgehead atoms. The molecule has 82 valence electrons. The number of rotatable bonds is 4. The third kappa shape index (κ3) is 1.87. The minimum absolute atomic E-state index is 0.222. The number of aromatic nitrogens is 2. The molecule has 15 heavy (non-hydrogen) atoms. The lowest BCUT2D eigenvalue weighted by Gasteiger charge is -2.25. The van der Waals surface area contributed by atoms with Gasteiger partial charge in [0.05, 0.1) is 12.2 Å². The normalized spacial score (nSPS) is 19.9. The number of hydrogen-bond acceptors (Lipinski definition) is 3. The zero-order chi connectivity index (χ0) is 11.1. The first-order valence-electron chi connectivity index (χ1n) is 5.11. The highest BCUT2D eigenvalue weighted by molar-refractivity contribution is 5.85. The molecule has 1 heterocycles. The second-order valence-electron chi connectivity index (χ2n) is 4.33. The molecule has 0 saturated heterocycles. The smallest absolute Gasteiger partial charge is 0.239 e. The van der Waals surface area contributed by atoms with Crippen molar-refractivity contribution < 1.29 is 4.79 Å². The molecule has 1 aromatic rings. The summed E-state index contributed by atoms with van der Waals surface area (Å²) < 4.78 is 1.69. The molecule has 1 amide bonds. The van der Waals surface area contributed by atoms with E-state index in [-0.39, 0.29) is 5.92 Å². The molecule has 5 nitrogen and oxygen atoms in total. The SMILES string of the molecule is Cc1ccn(CC(N)(C(N)=O)C2CC2)n1. The summed E-state index contributed by atoms with van der Waals surface area (Å²) in [6.45, 7) is 2.27. The third-order valence-corrected chi connectivity index (χ3v) is 2.96. The van der Waals surface area contributed by atoms with Crippen molar-refractivity contribution in [2.24, 2.45) is 17.4 Å². The summed E-state index contributed by atoms with van der Waals surface area (Å²) in [6, 6.07) is 1.88. The molecule has 1 saturated carbocycles. The fraction of sp³-hybridized carbons (Fsp3) is 0.600. The van der Waals surface area contributed by atoms with Crippen LogP contribution in [0.2, 0.25) is 0 Å². The van der Waals surface area contributed by atoms with Gasteiger partial charge in [0.15, 0.2) is 0 Å². The van der Waals surface area contributed by atoms with E-state index in [2.05, 4.69) is 5.10 Å². The number of amides is 1. The minimum Gasteiger partial charge on any atom is -0.368 e. The van der Waals surface area contributed by atoms with E-state index in [1.165, 1.54) is 0 Å². The van der Waals surface area contributed by atoms with Crippen molar-refractivity contribution in [2.45, 2.75) is 31.8 Å². The molecule has 1 aromatic heterocycles. The number of primary amides is 1. The van der Waals surface area contributed by atoms with Crippen molar-refractivity contribution in [1.82, 2.24) is 9.78 Å². The lowest BCUT2D eigenvalue weighted by molar-refractivity contribution is -0.124. The molecule has 0 aromatic carbocycles. The predicted octanol–water partition coefficient (Wildman–Crippen LogP) is -0.216. The van der Waals surface area contributed by atoms with Crippen LogP contribution < -0.4 is 11.5 Å². The van der Waals surface area contributed by atoms with Crippen molar-refractivity contribution in [2.75, 3.05) is 0 Å². The van der Waals surface area contributed by atoms with Crippen LogP contribution in [0.1, 0.15) is 18.5 Å². The Morgan fingerprint density at radius 2 is 2.40 bits per heavy atom. The number of carbonyl (C=O) groups is 1. The average molecular weight is 208 g/mol. The number of nitrogens with zero attached hydrogens (tertiary/aromatic N) is 2. The predicted molar refractivity (Wildman–Crippen MR) is 55.8 cm³/mol. The first-order chi connectivity index (χ1) is 7.02. The van der Waals surface area contributed by atoms with Crippen LogP contribution in [0.5, 0.6) is 0 Å². The first kappa shape index (κ1) is 10.2. The lowest BCUT2D eigenvalue weighted by Crippen LogP contribution is -2.56. The average Bonchev–Trinajstić information content (AvgIpc) is 2.92. The standard InChI is InChI=1S/C10H16N4O/c1-7-4-5-14(13-7)6-10(12,9(11)15)8-2-3-8/h4-5,8H,2-3,6,12H2,1H3,(H2,11,15). The van der Waals surface area contributed by atoms with Crippen molar-refractivity contribution in [3.05, 3.63) is 18.0 Å². The quantitative estimate of drug-likeness (QED) is 0.717. The molecule has 4 N–H and O–H groups in total. The van der Waals surface area contributed by atoms with E-state index < -0.39 is 11.4 Å². The molecule has 0 spiro atoms. The molecule has 1 aliphatic carbocycles. The van der Waals surface area contributed by atoms with Gasteiger partial charge in [-0.3, -0.25) is 9.48 Å². The zero-order valence-corrected chi connectivity index (χ0v) is 8.81. The van der Waals surface area contributed by atoms with Gasteiger partial charge in [-0.05, 0) is 31.7 Å². The highest BCUT2D eigenvalue weighted by Crippen LogP contribution is 2.38. The summed E-state index contributed by atoms with van der Waals surface area (Å²) >= 11 is 0. The maximum Gasteiger partial charge on any atom is 0.239 e. The van der Waals surface area contributed by atoms with E-state index in [1.807, 2.05) is 19.2 Å². The lowest BCUT2D eigenvalue weighted by atomic mass is 9.94. The molecule has 1 aliphatic rings. The molecule has 0 aliphatic heterocycles. The summed E-state index contributed by atoms with van der Waals surface area (Å²) in [5.41, 5.74) is 11.4. The Kier molecular flexibility index (Phi) is 2.26. The van der Waals surface area contributed by atoms with E-state index in [4.69, 9.17) is 11.5 Å². The Morgan fingerprint density at radius 3 is 2.80 bits per heavy atom. The monoisotopic (exact) mass is 208 g/mol. The van der Waals surface area contributed by atoms with Crippen LogP contribution in [-0.2, 0) is 11.3 Å². The molecule has 1 atom stereocenters. The largest absolute Gasteiger partial charge is 0.368 e. The van der Waals surface area contributed by atoms with Gasteiger partial charge in [0, 0.05) is 6.20 Å². The van der Waals surface area contributed by atoms with Crippen LogP contribution in [0.25, 0.3) is 0 Å². The van der Waals surface area contributed by atoms with Crippen molar-refractivity contribution in [3.8, 4) is 0 Å². The minimum atomic E-state index is -0.932. The van der Waals surface area contributed by atoms with E-state index in [0.717, 1.165) is 18.5 Å². The molecule has 2 rings (SSSR count). The van der Waals surface area contributed by atoms with Gasteiger partial charge in [0.2, 0.25) is 5.91 Å². The summed E-state index contributed by atoms with van der Waals surface area (Å²) in [7, 11) is 0. The van der Waals surface area contributed by atoms with Gasteiger partial charge in [-0.2, -0.15) is 5.10 Å². The number of hydrogen-bond donors (Lipinski definition) is 2. The summed E-state index contributed by atoms with van der Waals surface area (Å²) in [5, 5.41) is 4.22. The van der Waals surface area contributed by atoms with Crippen LogP contribution in [-0.4, -0.2) is 21.2 Å². The van der Waals surface area contributed by atoms with Gasteiger partial charge in [-0.1, -0.05) is 0 Å². The van der Waals surface area contributed by atoms with Crippen molar-refractivity contribution in [1.29, 1.82) is 0 Å². The van der Waals surface area contributed by atoms with Gasteiger partial charge in [-0.15, -0.1) is 0 Å². The van der Waals surface area contributed by atoms with E-state index in [9.17, 15) is 4.79 Å². The summed E-state index contributed by atoms with van der Waals surface area (Å²) in [5.74, 6) is -0.211. The van der Waals surface area contributed by atoms with Gasteiger partial charge in [0.1, 0.15) is 5.54 Å². The number of carbonyl (C=O) groups excluding carboxylic acids is 1. The Bertz CT molecular complexity index is 383. The first-order valence-corrected chi connectivity index (χ1v) is 5.11. The molecular formula is C10H16N4O. The van der Waals surface area contributed by atoms with Gasteiger partial charge in [0.25, 0.3) is 0 Å². The Hall–Kier alpha value is -1.36. The number of nitrogens with two attached hydrogens (primary N) is 2. The molecule has 1 fully saturated rings. The van der Waals surface area contributed by atoms with E-state index >= 15 is 0 Å². The Balaban J connectivity index is 2.16. The Labute approximate surface area is 88.4 Å². The molecule has 5 heteroatoms. The van der Waals surface area contributed by atoms with E-state index in [1.54, 1.807) is 4.68 Å². The molecule has 0 radical (unpaired) electrons. The fourth-order valence-electron chi connectivity index (χ4n) is 1.83. The van der Waals surface area contributed by atoms with Crippen LogP contribution in [0, 0.1) is 12.8 Å². The van der Waals surface area contributed by atoms with Crippen molar-refractivity contribution in [3.63, 3.8) is 0 Å². The van der Waals surface area contributed by atoms with Crippen LogP contribution in [0.15, 0.2) is 12.3 Å². The number of aryl methyl sites for hydroxylation is 1. The third-order valence-electron chi connectivity index (χ3n) is 2.96. The second kappa shape index (κ2) is 3.34. The fourth-order valence-corrected chi connectivity index (χ4v) is 1.83. The Morgan fingerprint density at radius 1 is 1.73 bits per heavy atom. The maximum absolute atomic E-state index is 11.4. The highest BCUT2D eigenvalue weighted by atomic mass is 16.1. The second-order valence-corrected chi connectivity index (χ2v) is 4.33. The van der Waals surface area contributed by atoms with Crippen molar-refractivity contribution >= 4 is 5.91 Å².